The van der Waals surface area contributed by atoms with Gasteiger partial charge < -0.3 is 14.4 Å². The molecule has 4 aromatic rings. The summed E-state index contributed by atoms with van der Waals surface area (Å²) < 4.78 is 4.63. The lowest BCUT2D eigenvalue weighted by Gasteiger charge is -2.26. The minimum absolute atomic E-state index is 0.0209. The molecule has 0 spiro atoms. The number of thiophene rings is 1. The molecule has 4 heterocycles. The molecule has 40 heavy (non-hydrogen) atoms. The number of hydrogen-bond acceptors (Lipinski definition) is 5. The van der Waals surface area contributed by atoms with Gasteiger partial charge in [0.1, 0.15) is 4.70 Å². The Labute approximate surface area is 241 Å². The number of aromatic nitrogens is 3. The van der Waals surface area contributed by atoms with Gasteiger partial charge in [0.05, 0.1) is 16.6 Å². The highest BCUT2D eigenvalue weighted by Crippen LogP contribution is 2.27. The maximum absolute atomic E-state index is 13.8. The van der Waals surface area contributed by atoms with Crippen LogP contribution in [0.5, 0.6) is 0 Å². The number of fused-ring (bicyclic) bond motifs is 4. The molecule has 1 aromatic carbocycles. The fourth-order valence-corrected chi connectivity index (χ4v) is 6.74. The van der Waals surface area contributed by atoms with Crippen molar-refractivity contribution >= 4 is 44.3 Å². The number of benzene rings is 1. The molecule has 1 saturated heterocycles. The van der Waals surface area contributed by atoms with E-state index in [-0.39, 0.29) is 11.5 Å². The summed E-state index contributed by atoms with van der Waals surface area (Å²) in [7, 11) is 0. The minimum atomic E-state index is -0.0209. The van der Waals surface area contributed by atoms with Crippen LogP contribution in [-0.4, -0.2) is 62.4 Å². The van der Waals surface area contributed by atoms with Crippen molar-refractivity contribution in [1.29, 1.82) is 0 Å². The average molecular weight is 564 g/mol. The zero-order valence-electron chi connectivity index (χ0n) is 24.9. The van der Waals surface area contributed by atoms with Crippen LogP contribution >= 0.6 is 11.3 Å². The Balaban J connectivity index is 1.56. The number of carbonyl (C=O) groups excluding carboxylic acids is 1. The van der Waals surface area contributed by atoms with E-state index in [1.54, 1.807) is 4.40 Å². The molecular weight excluding hydrogens is 518 g/mol. The van der Waals surface area contributed by atoms with E-state index >= 15 is 0 Å². The molecule has 1 fully saturated rings. The molecule has 1 aliphatic heterocycles. The second-order valence-corrected chi connectivity index (χ2v) is 13.3. The fraction of sp³-hybridized carbons (Fsp3) is 0.594. The first kappa shape index (κ1) is 28.8. The van der Waals surface area contributed by atoms with Crippen molar-refractivity contribution in [2.24, 2.45) is 11.8 Å². The van der Waals surface area contributed by atoms with Gasteiger partial charge in [-0.25, -0.2) is 9.38 Å². The van der Waals surface area contributed by atoms with E-state index in [1.165, 1.54) is 43.7 Å². The number of amides is 1. The van der Waals surface area contributed by atoms with E-state index < -0.39 is 0 Å². The predicted molar refractivity (Wildman–Crippen MR) is 167 cm³/mol. The Kier molecular flexibility index (Phi) is 8.95. The molecule has 1 aliphatic rings. The number of rotatable bonds is 11. The highest BCUT2D eigenvalue weighted by Gasteiger charge is 2.22. The SMILES string of the molecule is Cc1csc2c(=O)n3c4ccc(C(=O)N(CCC(C)C)CCC(C)C)cc4n(CCCN4CCCCC4)c3nc12. The first-order valence-electron chi connectivity index (χ1n) is 15.2. The second-order valence-electron chi connectivity index (χ2n) is 12.4. The van der Waals surface area contributed by atoms with Crippen LogP contribution in [0.3, 0.4) is 0 Å². The van der Waals surface area contributed by atoms with Gasteiger partial charge in [0.2, 0.25) is 5.78 Å². The normalized spacial score (nSPS) is 14.9. The molecule has 7 nitrogen and oxygen atoms in total. The molecule has 1 amide bonds. The van der Waals surface area contributed by atoms with Crippen LogP contribution in [0, 0.1) is 18.8 Å². The smallest absolute Gasteiger partial charge is 0.277 e. The average Bonchev–Trinajstić information content (AvgIpc) is 3.46. The van der Waals surface area contributed by atoms with Crippen LogP contribution < -0.4 is 5.56 Å². The number of piperidine rings is 1. The Morgan fingerprint density at radius 2 is 1.70 bits per heavy atom. The monoisotopic (exact) mass is 563 g/mol. The van der Waals surface area contributed by atoms with E-state index in [2.05, 4.69) is 37.2 Å². The van der Waals surface area contributed by atoms with Crippen molar-refractivity contribution in [3.05, 3.63) is 45.1 Å². The molecule has 0 aliphatic carbocycles. The molecule has 8 heteroatoms. The van der Waals surface area contributed by atoms with Gasteiger partial charge in [-0.15, -0.1) is 11.3 Å². The lowest BCUT2D eigenvalue weighted by molar-refractivity contribution is 0.0741. The third-order valence-corrected chi connectivity index (χ3v) is 9.37. The van der Waals surface area contributed by atoms with Crippen molar-refractivity contribution in [3.63, 3.8) is 0 Å². The van der Waals surface area contributed by atoms with E-state index in [0.29, 0.717) is 27.9 Å². The quantitative estimate of drug-likeness (QED) is 0.207. The predicted octanol–water partition coefficient (Wildman–Crippen LogP) is 6.58. The van der Waals surface area contributed by atoms with E-state index in [0.717, 1.165) is 67.6 Å². The first-order chi connectivity index (χ1) is 19.2. The highest BCUT2D eigenvalue weighted by atomic mass is 32.1. The van der Waals surface area contributed by atoms with E-state index in [1.807, 2.05) is 35.4 Å². The number of imidazole rings is 1. The standard InChI is InChI=1S/C32H45N5O2S/c1-22(2)12-18-35(19-13-23(3)4)30(38)25-10-11-26-27(20-25)36(17-9-16-34-14-7-6-8-15-34)32-33-28-24(5)21-40-29(28)31(39)37(26)32/h10-11,20-23H,6-9,12-19H2,1-5H3. The molecule has 0 N–H and O–H groups in total. The van der Waals surface area contributed by atoms with Crippen molar-refractivity contribution in [2.75, 3.05) is 32.7 Å². The molecule has 0 unspecified atom stereocenters. The first-order valence-corrected chi connectivity index (χ1v) is 16.1. The van der Waals surface area contributed by atoms with Crippen molar-refractivity contribution in [2.45, 2.75) is 79.7 Å². The summed E-state index contributed by atoms with van der Waals surface area (Å²) >= 11 is 1.46. The van der Waals surface area contributed by atoms with Crippen molar-refractivity contribution in [1.82, 2.24) is 23.8 Å². The van der Waals surface area contributed by atoms with Gasteiger partial charge in [0.15, 0.2) is 0 Å². The summed E-state index contributed by atoms with van der Waals surface area (Å²) in [4.78, 5) is 37.2. The molecule has 3 aromatic heterocycles. The topological polar surface area (TPSA) is 62.9 Å². The van der Waals surface area contributed by atoms with Gasteiger partial charge in [-0.2, -0.15) is 0 Å². The summed E-state index contributed by atoms with van der Waals surface area (Å²) in [5.41, 5.74) is 4.23. The summed E-state index contributed by atoms with van der Waals surface area (Å²) in [5, 5.41) is 2.01. The summed E-state index contributed by atoms with van der Waals surface area (Å²) in [6, 6.07) is 5.86. The van der Waals surface area contributed by atoms with Gasteiger partial charge in [0, 0.05) is 25.2 Å². The Morgan fingerprint density at radius 1 is 1.00 bits per heavy atom. The van der Waals surface area contributed by atoms with Gasteiger partial charge >= 0.3 is 0 Å². The van der Waals surface area contributed by atoms with Crippen molar-refractivity contribution < 1.29 is 4.79 Å². The maximum atomic E-state index is 13.8. The van der Waals surface area contributed by atoms with Crippen LogP contribution in [0.25, 0.3) is 27.0 Å². The van der Waals surface area contributed by atoms with Crippen LogP contribution in [0.1, 0.15) is 82.1 Å². The maximum Gasteiger partial charge on any atom is 0.277 e. The van der Waals surface area contributed by atoms with Gasteiger partial charge in [-0.3, -0.25) is 9.59 Å². The number of likely N-dealkylation sites (tertiary alicyclic amines) is 1. The van der Waals surface area contributed by atoms with E-state index in [4.69, 9.17) is 4.98 Å². The van der Waals surface area contributed by atoms with Crippen LogP contribution in [0.15, 0.2) is 28.4 Å². The van der Waals surface area contributed by atoms with Crippen LogP contribution in [-0.2, 0) is 6.54 Å². The third kappa shape index (κ3) is 5.98. The molecule has 0 atom stereocenters. The van der Waals surface area contributed by atoms with Crippen molar-refractivity contribution in [3.8, 4) is 0 Å². The van der Waals surface area contributed by atoms with Gasteiger partial charge in [-0.1, -0.05) is 34.1 Å². The Morgan fingerprint density at radius 3 is 2.38 bits per heavy atom. The number of carbonyl (C=O) groups is 1. The lowest BCUT2D eigenvalue weighted by atomic mass is 10.1. The third-order valence-electron chi connectivity index (χ3n) is 8.29. The van der Waals surface area contributed by atoms with Gasteiger partial charge in [0.25, 0.3) is 11.5 Å². The number of aryl methyl sites for hydroxylation is 2. The number of nitrogens with zero attached hydrogens (tertiary/aromatic N) is 5. The zero-order valence-corrected chi connectivity index (χ0v) is 25.7. The molecule has 0 saturated carbocycles. The molecule has 0 radical (unpaired) electrons. The van der Waals surface area contributed by atoms with E-state index in [9.17, 15) is 9.59 Å². The Hall–Kier alpha value is -2.71. The molecule has 5 rings (SSSR count). The molecule has 216 valence electrons. The summed E-state index contributed by atoms with van der Waals surface area (Å²) in [6.07, 6.45) is 6.82. The summed E-state index contributed by atoms with van der Waals surface area (Å²) in [5.74, 6) is 1.82. The Bertz CT molecular complexity index is 1530. The summed E-state index contributed by atoms with van der Waals surface area (Å²) in [6.45, 7) is 16.5. The van der Waals surface area contributed by atoms with Gasteiger partial charge in [-0.05, 0) is 99.6 Å². The zero-order chi connectivity index (χ0) is 28.4. The second kappa shape index (κ2) is 12.4. The minimum Gasteiger partial charge on any atom is -0.339 e. The van der Waals surface area contributed by atoms with Crippen LogP contribution in [0.2, 0.25) is 0 Å². The molecule has 0 bridgehead atoms. The van der Waals surface area contributed by atoms with Crippen LogP contribution in [0.4, 0.5) is 0 Å². The highest BCUT2D eigenvalue weighted by molar-refractivity contribution is 7.17. The fourth-order valence-electron chi connectivity index (χ4n) is 5.82. The number of hydrogen-bond donors (Lipinski definition) is 0. The molecular formula is C32H45N5O2S. The largest absolute Gasteiger partial charge is 0.339 e. The lowest BCUT2D eigenvalue weighted by Crippen LogP contribution is -2.34.